The normalized spacial score (nSPS) is 17.2. The minimum absolute atomic E-state index is 0.132. The number of halogens is 3. The zero-order valence-corrected chi connectivity index (χ0v) is 13.1. The van der Waals surface area contributed by atoms with Gasteiger partial charge in [-0.25, -0.2) is 0 Å². The molecule has 1 N–H and O–H groups in total. The Morgan fingerprint density at radius 3 is 2.56 bits per heavy atom. The smallest absolute Gasteiger partial charge is 0.325 e. The molecule has 5 heteroatoms. The molecule has 0 saturated heterocycles. The van der Waals surface area contributed by atoms with Gasteiger partial charge in [0.2, 0.25) is 5.91 Å². The molecular formula is C20H14F3NO. The van der Waals surface area contributed by atoms with Gasteiger partial charge in [0.1, 0.15) is 0 Å². The second kappa shape index (κ2) is 5.62. The van der Waals surface area contributed by atoms with Crippen molar-refractivity contribution in [2.45, 2.75) is 18.5 Å². The molecule has 4 rings (SSSR count). The zero-order chi connectivity index (χ0) is 17.6. The Hall–Kier alpha value is -2.82. The van der Waals surface area contributed by atoms with Crippen molar-refractivity contribution in [1.29, 1.82) is 0 Å². The molecule has 0 aliphatic carbocycles. The standard InChI is InChI=1S/C20H14F3NO/c21-20(22,23)14-6-3-5-13(10-14)17-11-18(25)24-19-15-7-2-1-4-12(15)8-9-16(17)19/h1-10,17H,11H2,(H,24,25)/t17-/m1/s1. The predicted octanol–water partition coefficient (Wildman–Crippen LogP) is 5.33. The number of rotatable bonds is 1. The number of benzene rings is 3. The van der Waals surface area contributed by atoms with Gasteiger partial charge >= 0.3 is 6.18 Å². The third kappa shape index (κ3) is 2.76. The largest absolute Gasteiger partial charge is 0.416 e. The van der Waals surface area contributed by atoms with E-state index in [1.165, 1.54) is 6.07 Å². The van der Waals surface area contributed by atoms with E-state index in [0.29, 0.717) is 11.3 Å². The molecule has 1 amide bonds. The van der Waals surface area contributed by atoms with Gasteiger partial charge in [0.05, 0.1) is 11.3 Å². The van der Waals surface area contributed by atoms with Gasteiger partial charge < -0.3 is 5.32 Å². The van der Waals surface area contributed by atoms with Crippen molar-refractivity contribution in [2.24, 2.45) is 0 Å². The van der Waals surface area contributed by atoms with E-state index in [0.717, 1.165) is 28.5 Å². The second-order valence-electron chi connectivity index (χ2n) is 6.18. The molecule has 0 saturated carbocycles. The van der Waals surface area contributed by atoms with E-state index in [4.69, 9.17) is 0 Å². The number of fused-ring (bicyclic) bond motifs is 3. The molecule has 1 aliphatic heterocycles. The molecule has 1 heterocycles. The maximum atomic E-state index is 13.0. The molecule has 126 valence electrons. The Kier molecular flexibility index (Phi) is 3.53. The van der Waals surface area contributed by atoms with E-state index >= 15 is 0 Å². The molecule has 1 aliphatic rings. The average Bonchev–Trinajstić information content (AvgIpc) is 2.60. The first-order valence-corrected chi connectivity index (χ1v) is 7.92. The first-order chi connectivity index (χ1) is 11.9. The van der Waals surface area contributed by atoms with Crippen LogP contribution in [0.4, 0.5) is 18.9 Å². The van der Waals surface area contributed by atoms with Gasteiger partial charge in [0.15, 0.2) is 0 Å². The zero-order valence-electron chi connectivity index (χ0n) is 13.1. The highest BCUT2D eigenvalue weighted by Gasteiger charge is 2.33. The van der Waals surface area contributed by atoms with Gasteiger partial charge in [-0.3, -0.25) is 4.79 Å². The Balaban J connectivity index is 1.88. The molecule has 2 nitrogen and oxygen atoms in total. The highest BCUT2D eigenvalue weighted by molar-refractivity contribution is 6.06. The van der Waals surface area contributed by atoms with Gasteiger partial charge in [-0.2, -0.15) is 13.2 Å². The molecule has 0 unspecified atom stereocenters. The SMILES string of the molecule is O=C1C[C@H](c2cccc(C(F)(F)F)c2)c2ccc3ccccc3c2N1. The monoisotopic (exact) mass is 341 g/mol. The maximum Gasteiger partial charge on any atom is 0.416 e. The Morgan fingerprint density at radius 2 is 1.76 bits per heavy atom. The van der Waals surface area contributed by atoms with E-state index < -0.39 is 17.7 Å². The van der Waals surface area contributed by atoms with Crippen LogP contribution in [0.2, 0.25) is 0 Å². The number of hydrogen-bond acceptors (Lipinski definition) is 1. The van der Waals surface area contributed by atoms with Crippen LogP contribution < -0.4 is 5.32 Å². The summed E-state index contributed by atoms with van der Waals surface area (Å²) < 4.78 is 39.1. The molecule has 0 spiro atoms. The van der Waals surface area contributed by atoms with Crippen LogP contribution >= 0.6 is 0 Å². The molecular weight excluding hydrogens is 327 g/mol. The number of alkyl halides is 3. The summed E-state index contributed by atoms with van der Waals surface area (Å²) in [4.78, 5) is 12.2. The van der Waals surface area contributed by atoms with Crippen LogP contribution in [-0.2, 0) is 11.0 Å². The summed E-state index contributed by atoms with van der Waals surface area (Å²) in [6.45, 7) is 0. The quantitative estimate of drug-likeness (QED) is 0.636. The highest BCUT2D eigenvalue weighted by Crippen LogP contribution is 2.42. The third-order valence-corrected chi connectivity index (χ3v) is 4.61. The fourth-order valence-electron chi connectivity index (χ4n) is 3.43. The van der Waals surface area contributed by atoms with Crippen molar-refractivity contribution < 1.29 is 18.0 Å². The fourth-order valence-corrected chi connectivity index (χ4v) is 3.43. The topological polar surface area (TPSA) is 29.1 Å². The Morgan fingerprint density at radius 1 is 0.960 bits per heavy atom. The van der Waals surface area contributed by atoms with Gasteiger partial charge in [-0.1, -0.05) is 54.6 Å². The van der Waals surface area contributed by atoms with E-state index in [1.54, 1.807) is 6.07 Å². The van der Waals surface area contributed by atoms with E-state index in [9.17, 15) is 18.0 Å². The van der Waals surface area contributed by atoms with E-state index in [2.05, 4.69) is 5.32 Å². The number of carbonyl (C=O) groups is 1. The average molecular weight is 341 g/mol. The third-order valence-electron chi connectivity index (χ3n) is 4.61. The van der Waals surface area contributed by atoms with Crippen molar-refractivity contribution in [1.82, 2.24) is 0 Å². The molecule has 3 aromatic carbocycles. The lowest BCUT2D eigenvalue weighted by Gasteiger charge is -2.27. The Labute approximate surface area is 142 Å². The van der Waals surface area contributed by atoms with Crippen LogP contribution in [0.1, 0.15) is 29.0 Å². The molecule has 25 heavy (non-hydrogen) atoms. The van der Waals surface area contributed by atoms with Crippen LogP contribution in [0.15, 0.2) is 60.7 Å². The second-order valence-corrected chi connectivity index (χ2v) is 6.18. The van der Waals surface area contributed by atoms with Gasteiger partial charge in [0, 0.05) is 17.7 Å². The number of nitrogens with one attached hydrogen (secondary N) is 1. The van der Waals surface area contributed by atoms with E-state index in [-0.39, 0.29) is 12.3 Å². The van der Waals surface area contributed by atoms with Gasteiger partial charge in [-0.05, 0) is 22.6 Å². The summed E-state index contributed by atoms with van der Waals surface area (Å²) >= 11 is 0. The summed E-state index contributed by atoms with van der Waals surface area (Å²) in [6, 6.07) is 16.7. The number of amides is 1. The summed E-state index contributed by atoms with van der Waals surface area (Å²) in [7, 11) is 0. The van der Waals surface area contributed by atoms with Crippen molar-refractivity contribution >= 4 is 22.4 Å². The Bertz CT molecular complexity index is 978. The molecule has 0 aromatic heterocycles. The van der Waals surface area contributed by atoms with Crippen LogP contribution in [0, 0.1) is 0 Å². The predicted molar refractivity (Wildman–Crippen MR) is 90.5 cm³/mol. The van der Waals surface area contributed by atoms with Crippen molar-refractivity contribution in [3.8, 4) is 0 Å². The highest BCUT2D eigenvalue weighted by atomic mass is 19.4. The molecule has 3 aromatic rings. The number of carbonyl (C=O) groups excluding carboxylic acids is 1. The molecule has 1 atom stereocenters. The molecule has 0 fully saturated rings. The van der Waals surface area contributed by atoms with Crippen LogP contribution in [0.5, 0.6) is 0 Å². The van der Waals surface area contributed by atoms with Crippen molar-refractivity contribution in [3.63, 3.8) is 0 Å². The van der Waals surface area contributed by atoms with Crippen LogP contribution in [0.3, 0.4) is 0 Å². The van der Waals surface area contributed by atoms with Crippen molar-refractivity contribution in [3.05, 3.63) is 77.4 Å². The van der Waals surface area contributed by atoms with Crippen molar-refractivity contribution in [2.75, 3.05) is 5.32 Å². The molecule has 0 radical (unpaired) electrons. The minimum Gasteiger partial charge on any atom is -0.325 e. The fraction of sp³-hybridized carbons (Fsp3) is 0.150. The lowest BCUT2D eigenvalue weighted by atomic mass is 9.83. The summed E-state index contributed by atoms with van der Waals surface area (Å²) in [6.07, 6.45) is -4.27. The first kappa shape index (κ1) is 15.7. The van der Waals surface area contributed by atoms with Crippen LogP contribution in [0.25, 0.3) is 10.8 Å². The minimum atomic E-state index is -4.40. The summed E-state index contributed by atoms with van der Waals surface area (Å²) in [5, 5.41) is 4.76. The lowest BCUT2D eigenvalue weighted by molar-refractivity contribution is -0.137. The van der Waals surface area contributed by atoms with E-state index in [1.807, 2.05) is 36.4 Å². The van der Waals surface area contributed by atoms with Gasteiger partial charge in [0.25, 0.3) is 0 Å². The summed E-state index contributed by atoms with van der Waals surface area (Å²) in [5.74, 6) is -0.582. The van der Waals surface area contributed by atoms with Gasteiger partial charge in [-0.15, -0.1) is 0 Å². The summed E-state index contributed by atoms with van der Waals surface area (Å²) in [5.41, 5.74) is 1.34. The number of anilines is 1. The number of hydrogen-bond donors (Lipinski definition) is 1. The van der Waals surface area contributed by atoms with Crippen LogP contribution in [-0.4, -0.2) is 5.91 Å². The maximum absolute atomic E-state index is 13.0. The molecule has 0 bridgehead atoms. The first-order valence-electron chi connectivity index (χ1n) is 7.92. The lowest BCUT2D eigenvalue weighted by Crippen LogP contribution is -2.24.